The third kappa shape index (κ3) is 4.94. The molecule has 5 nitrogen and oxygen atoms in total. The first-order valence-electron chi connectivity index (χ1n) is 10.4. The Hall–Kier alpha value is -3.60. The van der Waals surface area contributed by atoms with Crippen LogP contribution in [0.25, 0.3) is 0 Å². The summed E-state index contributed by atoms with van der Waals surface area (Å²) >= 11 is 0. The molecular formula is C26H25NO4. The van der Waals surface area contributed by atoms with Crippen molar-refractivity contribution in [2.24, 2.45) is 0 Å². The Morgan fingerprint density at radius 3 is 2.19 bits per heavy atom. The zero-order valence-corrected chi connectivity index (χ0v) is 17.5. The van der Waals surface area contributed by atoms with Crippen LogP contribution in [0.1, 0.15) is 35.2 Å². The number of fused-ring (bicyclic) bond motifs is 1. The van der Waals surface area contributed by atoms with Crippen LogP contribution in [-0.4, -0.2) is 23.3 Å². The number of rotatable bonds is 6. The van der Waals surface area contributed by atoms with Gasteiger partial charge in [-0.05, 0) is 47.7 Å². The molecule has 1 heterocycles. The molecule has 1 aliphatic rings. The maximum Gasteiger partial charge on any atom is 0.410 e. The summed E-state index contributed by atoms with van der Waals surface area (Å²) in [5.74, 6) is 0.667. The van der Waals surface area contributed by atoms with Crippen molar-refractivity contribution in [2.75, 3.05) is 6.54 Å². The first kappa shape index (κ1) is 20.7. The molecule has 0 bridgehead atoms. The lowest BCUT2D eigenvalue weighted by molar-refractivity contribution is -0.122. The minimum absolute atomic E-state index is 0.0874. The smallest absolute Gasteiger partial charge is 0.410 e. The van der Waals surface area contributed by atoms with E-state index in [-0.39, 0.29) is 12.4 Å². The highest BCUT2D eigenvalue weighted by Gasteiger charge is 2.35. The van der Waals surface area contributed by atoms with Gasteiger partial charge in [0.1, 0.15) is 25.0 Å². The Labute approximate surface area is 182 Å². The lowest BCUT2D eigenvalue weighted by atomic mass is 9.90. The molecule has 0 aliphatic carbocycles. The van der Waals surface area contributed by atoms with Gasteiger partial charge < -0.3 is 9.47 Å². The Morgan fingerprint density at radius 2 is 1.55 bits per heavy atom. The average molecular weight is 415 g/mol. The highest BCUT2D eigenvalue weighted by molar-refractivity contribution is 5.87. The number of carbonyl (C=O) groups excluding carboxylic acids is 2. The van der Waals surface area contributed by atoms with Gasteiger partial charge >= 0.3 is 6.09 Å². The molecule has 1 aliphatic heterocycles. The van der Waals surface area contributed by atoms with E-state index in [4.69, 9.17) is 9.47 Å². The summed E-state index contributed by atoms with van der Waals surface area (Å²) in [5.41, 5.74) is 3.86. The van der Waals surface area contributed by atoms with Gasteiger partial charge in [-0.2, -0.15) is 0 Å². The van der Waals surface area contributed by atoms with Crippen LogP contribution >= 0.6 is 0 Å². The highest BCUT2D eigenvalue weighted by atomic mass is 16.6. The number of ketones is 1. The van der Waals surface area contributed by atoms with Gasteiger partial charge in [0.25, 0.3) is 0 Å². The van der Waals surface area contributed by atoms with Crippen molar-refractivity contribution in [3.8, 4) is 5.75 Å². The molecule has 5 heteroatoms. The van der Waals surface area contributed by atoms with Crippen LogP contribution in [-0.2, 0) is 29.2 Å². The van der Waals surface area contributed by atoms with Gasteiger partial charge in [0, 0.05) is 6.54 Å². The maximum absolute atomic E-state index is 12.7. The van der Waals surface area contributed by atoms with E-state index in [2.05, 4.69) is 0 Å². The van der Waals surface area contributed by atoms with E-state index < -0.39 is 12.1 Å². The molecule has 4 rings (SSSR count). The molecule has 3 aromatic carbocycles. The van der Waals surface area contributed by atoms with Gasteiger partial charge in [-0.1, -0.05) is 66.7 Å². The predicted octanol–water partition coefficient (Wildman–Crippen LogP) is 5.09. The van der Waals surface area contributed by atoms with Crippen molar-refractivity contribution >= 4 is 11.9 Å². The van der Waals surface area contributed by atoms with E-state index in [1.54, 1.807) is 0 Å². The summed E-state index contributed by atoms with van der Waals surface area (Å²) in [4.78, 5) is 26.7. The first-order chi connectivity index (χ1) is 15.1. The Balaban J connectivity index is 1.46. The largest absolute Gasteiger partial charge is 0.489 e. The lowest BCUT2D eigenvalue weighted by Gasteiger charge is -2.35. The van der Waals surface area contributed by atoms with Crippen molar-refractivity contribution in [2.45, 2.75) is 32.6 Å². The average Bonchev–Trinajstić information content (AvgIpc) is 2.81. The number of Topliss-reactive ketones (excluding diaryl/α,β-unsaturated/α-hetero) is 1. The van der Waals surface area contributed by atoms with Crippen molar-refractivity contribution in [3.05, 3.63) is 101 Å². The predicted molar refractivity (Wildman–Crippen MR) is 118 cm³/mol. The van der Waals surface area contributed by atoms with E-state index in [1.807, 2.05) is 78.9 Å². The van der Waals surface area contributed by atoms with Gasteiger partial charge in [0.2, 0.25) is 0 Å². The third-order valence-electron chi connectivity index (χ3n) is 5.42. The van der Waals surface area contributed by atoms with Gasteiger partial charge in [-0.15, -0.1) is 0 Å². The van der Waals surface area contributed by atoms with Gasteiger partial charge in [0.05, 0.1) is 0 Å². The van der Waals surface area contributed by atoms with Crippen LogP contribution in [0.3, 0.4) is 0 Å². The Kier molecular flexibility index (Phi) is 6.32. The Bertz CT molecular complexity index is 1050. The van der Waals surface area contributed by atoms with Crippen LogP contribution in [0.15, 0.2) is 78.9 Å². The van der Waals surface area contributed by atoms with E-state index in [9.17, 15) is 9.59 Å². The number of ether oxygens (including phenoxy) is 2. The van der Waals surface area contributed by atoms with E-state index in [0.29, 0.717) is 19.6 Å². The SMILES string of the molecule is CC(=O)C1c2ccc(OCc3ccccc3)cc2CCN1C(=O)OCc1ccccc1. The van der Waals surface area contributed by atoms with Gasteiger partial charge in [-0.25, -0.2) is 4.79 Å². The molecular weight excluding hydrogens is 390 g/mol. The number of amides is 1. The molecule has 0 fully saturated rings. The van der Waals surface area contributed by atoms with Crippen LogP contribution in [0.5, 0.6) is 5.75 Å². The van der Waals surface area contributed by atoms with E-state index >= 15 is 0 Å². The zero-order valence-electron chi connectivity index (χ0n) is 17.5. The molecule has 0 aromatic heterocycles. The van der Waals surface area contributed by atoms with Gasteiger partial charge in [0.15, 0.2) is 5.78 Å². The summed E-state index contributed by atoms with van der Waals surface area (Å²) in [6.45, 7) is 2.59. The Morgan fingerprint density at radius 1 is 0.903 bits per heavy atom. The van der Waals surface area contributed by atoms with Crippen LogP contribution in [0.2, 0.25) is 0 Å². The second kappa shape index (κ2) is 9.47. The van der Waals surface area contributed by atoms with Crippen molar-refractivity contribution < 1.29 is 19.1 Å². The van der Waals surface area contributed by atoms with Gasteiger partial charge in [-0.3, -0.25) is 9.69 Å². The molecule has 3 aromatic rings. The van der Waals surface area contributed by atoms with Crippen LogP contribution in [0.4, 0.5) is 4.79 Å². The fraction of sp³-hybridized carbons (Fsp3) is 0.231. The summed E-state index contributed by atoms with van der Waals surface area (Å²) in [6.07, 6.45) is 0.168. The number of nitrogens with zero attached hydrogens (tertiary/aromatic N) is 1. The maximum atomic E-state index is 12.7. The van der Waals surface area contributed by atoms with Crippen LogP contribution < -0.4 is 4.74 Å². The van der Waals surface area contributed by atoms with Crippen LogP contribution in [0, 0.1) is 0 Å². The molecule has 0 N–H and O–H groups in total. The first-order valence-corrected chi connectivity index (χ1v) is 10.4. The minimum Gasteiger partial charge on any atom is -0.489 e. The number of hydrogen-bond donors (Lipinski definition) is 0. The molecule has 1 amide bonds. The summed E-state index contributed by atoms with van der Waals surface area (Å²) in [6, 6.07) is 24.6. The summed E-state index contributed by atoms with van der Waals surface area (Å²) in [7, 11) is 0. The van der Waals surface area contributed by atoms with E-state index in [0.717, 1.165) is 28.0 Å². The standard InChI is InChI=1S/C26H25NO4/c1-19(28)25-24-13-12-23(30-17-20-8-4-2-5-9-20)16-22(24)14-15-27(25)26(29)31-18-21-10-6-3-7-11-21/h2-13,16,25H,14-15,17-18H2,1H3. The van der Waals surface area contributed by atoms with Crippen molar-refractivity contribution in [3.63, 3.8) is 0 Å². The van der Waals surface area contributed by atoms with Crippen molar-refractivity contribution in [1.29, 1.82) is 0 Å². The third-order valence-corrected chi connectivity index (χ3v) is 5.42. The number of benzene rings is 3. The molecule has 1 atom stereocenters. The summed E-state index contributed by atoms with van der Waals surface area (Å²) < 4.78 is 11.4. The fourth-order valence-electron chi connectivity index (χ4n) is 3.87. The zero-order chi connectivity index (χ0) is 21.6. The molecule has 0 radical (unpaired) electrons. The molecule has 0 saturated heterocycles. The number of hydrogen-bond acceptors (Lipinski definition) is 4. The second-order valence-electron chi connectivity index (χ2n) is 7.63. The molecule has 0 saturated carbocycles. The quantitative estimate of drug-likeness (QED) is 0.563. The fourth-order valence-corrected chi connectivity index (χ4v) is 3.87. The topological polar surface area (TPSA) is 55.8 Å². The second-order valence-corrected chi connectivity index (χ2v) is 7.63. The molecule has 31 heavy (non-hydrogen) atoms. The number of carbonyl (C=O) groups is 2. The summed E-state index contributed by atoms with van der Waals surface area (Å²) in [5, 5.41) is 0. The van der Waals surface area contributed by atoms with E-state index in [1.165, 1.54) is 11.8 Å². The normalized spacial score (nSPS) is 15.1. The minimum atomic E-state index is -0.643. The molecule has 1 unspecified atom stereocenters. The monoisotopic (exact) mass is 415 g/mol. The lowest BCUT2D eigenvalue weighted by Crippen LogP contribution is -2.43. The molecule has 0 spiro atoms. The highest BCUT2D eigenvalue weighted by Crippen LogP contribution is 2.33. The van der Waals surface area contributed by atoms with Crippen molar-refractivity contribution in [1.82, 2.24) is 4.90 Å². The molecule has 158 valence electrons.